The van der Waals surface area contributed by atoms with Crippen LogP contribution >= 0.6 is 11.3 Å². The Morgan fingerprint density at radius 3 is 1.67 bits per heavy atom. The predicted octanol–water partition coefficient (Wildman–Crippen LogP) is 11.8. The van der Waals surface area contributed by atoms with E-state index in [1.165, 1.54) is 0 Å². The summed E-state index contributed by atoms with van der Waals surface area (Å²) in [5, 5.41) is 79.1. The second kappa shape index (κ2) is 13.6. The first-order valence-corrected chi connectivity index (χ1v) is 20.8. The fourth-order valence-corrected chi connectivity index (χ4v) is 10.3. The van der Waals surface area contributed by atoms with E-state index in [1.807, 2.05) is 133 Å². The zero-order valence-electron chi connectivity index (χ0n) is 33.0. The summed E-state index contributed by atoms with van der Waals surface area (Å²) in [6, 6.07) is 44.7. The topological polar surface area (TPSA) is 198 Å². The van der Waals surface area contributed by atoms with Gasteiger partial charge in [-0.3, -0.25) is 0 Å². The zero-order valence-corrected chi connectivity index (χ0v) is 33.8. The number of para-hydroxylation sites is 1. The molecule has 0 spiro atoms. The minimum atomic E-state index is -0.998. The number of phenolic OH excluding ortho intramolecular Hbond substituents is 7. The quantitative estimate of drug-likeness (QED) is 0.0642. The number of rotatable bonds is 5. The number of furan rings is 1. The molecule has 0 fully saturated rings. The number of nitrogens with zero attached hydrogens (tertiary/aromatic N) is 4. The van der Waals surface area contributed by atoms with Crippen LogP contribution in [0.3, 0.4) is 0 Å². The van der Waals surface area contributed by atoms with Gasteiger partial charge in [-0.15, -0.1) is 11.3 Å². The molecule has 0 unspecified atom stereocenters. The molecule has 4 aromatic heterocycles. The largest absolute Gasteiger partial charge is 0.504 e. The first-order valence-electron chi connectivity index (χ1n) is 20.0. The van der Waals surface area contributed by atoms with Crippen molar-refractivity contribution in [1.29, 1.82) is 0 Å². The van der Waals surface area contributed by atoms with E-state index in [0.29, 0.717) is 34.2 Å². The molecule has 4 heterocycles. The minimum Gasteiger partial charge on any atom is -0.504 e. The molecule has 0 aliphatic heterocycles. The van der Waals surface area contributed by atoms with Crippen LogP contribution in [-0.2, 0) is 0 Å². The number of aromatic hydroxyl groups is 7. The summed E-state index contributed by atoms with van der Waals surface area (Å²) in [4.78, 5) is 15.0. The fourth-order valence-electron chi connectivity index (χ4n) is 8.94. The molecule has 0 atom stereocenters. The SMILES string of the molecule is Oc1c(O)c(O)c2c(sc3c(-c4ccc5c(c4)c4ccccc4n5-c4cccc5oc6cccc(-c7nc(-c8ccccc8)nc(-c8ccccc8)n7)c6c45)c(O)c(O)c(O)c32)c1O. The van der Waals surface area contributed by atoms with Gasteiger partial charge < -0.3 is 44.7 Å². The number of hydrogen-bond donors (Lipinski definition) is 7. The van der Waals surface area contributed by atoms with E-state index < -0.39 is 40.2 Å². The maximum absolute atomic E-state index is 11.5. The Morgan fingerprint density at radius 1 is 0.406 bits per heavy atom. The molecule has 0 aliphatic carbocycles. The molecule has 0 aliphatic rings. The summed E-state index contributed by atoms with van der Waals surface area (Å²) in [6.07, 6.45) is 0. The highest BCUT2D eigenvalue weighted by molar-refractivity contribution is 7.27. The molecule has 8 aromatic carbocycles. The second-order valence-corrected chi connectivity index (χ2v) is 16.4. The smallest absolute Gasteiger partial charge is 0.205 e. The number of hydrogen-bond acceptors (Lipinski definition) is 12. The summed E-state index contributed by atoms with van der Waals surface area (Å²) in [5.74, 6) is -4.25. The number of thiophene rings is 1. The Hall–Kier alpha value is -8.81. The highest BCUT2D eigenvalue weighted by Gasteiger charge is 2.30. The van der Waals surface area contributed by atoms with Crippen LogP contribution in [0.1, 0.15) is 0 Å². The van der Waals surface area contributed by atoms with Gasteiger partial charge in [0.2, 0.25) is 17.2 Å². The van der Waals surface area contributed by atoms with Crippen molar-refractivity contribution in [2.75, 3.05) is 0 Å². The third kappa shape index (κ3) is 5.18. The van der Waals surface area contributed by atoms with Gasteiger partial charge in [0.05, 0.1) is 42.3 Å². The lowest BCUT2D eigenvalue weighted by Gasteiger charge is -2.13. The maximum Gasteiger partial charge on any atom is 0.205 e. The highest BCUT2D eigenvalue weighted by Crippen LogP contribution is 2.60. The van der Waals surface area contributed by atoms with E-state index >= 15 is 0 Å². The van der Waals surface area contributed by atoms with Crippen molar-refractivity contribution in [3.05, 3.63) is 140 Å². The van der Waals surface area contributed by atoms with Gasteiger partial charge in [-0.1, -0.05) is 103 Å². The Morgan fingerprint density at radius 2 is 0.969 bits per heavy atom. The lowest BCUT2D eigenvalue weighted by Crippen LogP contribution is -2.00. The van der Waals surface area contributed by atoms with Gasteiger partial charge >= 0.3 is 0 Å². The third-order valence-corrected chi connectivity index (χ3v) is 13.0. The Kier molecular flexibility index (Phi) is 7.86. The molecule has 0 radical (unpaired) electrons. The molecule has 12 rings (SSSR count). The van der Waals surface area contributed by atoms with Crippen LogP contribution in [0.25, 0.3) is 115 Å². The predicted molar refractivity (Wildman–Crippen MR) is 248 cm³/mol. The van der Waals surface area contributed by atoms with Crippen molar-refractivity contribution in [2.24, 2.45) is 0 Å². The normalized spacial score (nSPS) is 11.9. The average Bonchev–Trinajstić information content (AvgIpc) is 4.03. The van der Waals surface area contributed by atoms with Crippen molar-refractivity contribution >= 4 is 75.3 Å². The molecule has 13 heteroatoms. The Balaban J connectivity index is 1.11. The van der Waals surface area contributed by atoms with Crippen molar-refractivity contribution in [1.82, 2.24) is 19.5 Å². The van der Waals surface area contributed by atoms with Crippen LogP contribution < -0.4 is 0 Å². The first kappa shape index (κ1) is 37.0. The van der Waals surface area contributed by atoms with E-state index in [2.05, 4.69) is 4.57 Å². The number of phenols is 7. The van der Waals surface area contributed by atoms with Crippen molar-refractivity contribution in [2.45, 2.75) is 0 Å². The van der Waals surface area contributed by atoms with Gasteiger partial charge in [-0.2, -0.15) is 0 Å². The van der Waals surface area contributed by atoms with Crippen molar-refractivity contribution in [3.8, 4) is 91.2 Å². The van der Waals surface area contributed by atoms with Crippen LogP contribution in [-0.4, -0.2) is 55.3 Å². The summed E-state index contributed by atoms with van der Waals surface area (Å²) in [5.41, 5.74) is 6.71. The number of fused-ring (bicyclic) bond motifs is 9. The zero-order chi connectivity index (χ0) is 43.5. The molecule has 0 saturated heterocycles. The molecule has 0 bridgehead atoms. The van der Waals surface area contributed by atoms with Gasteiger partial charge in [-0.05, 0) is 42.0 Å². The van der Waals surface area contributed by atoms with Crippen molar-refractivity contribution < 1.29 is 40.2 Å². The molecule has 64 heavy (non-hydrogen) atoms. The summed E-state index contributed by atoms with van der Waals surface area (Å²) in [6.45, 7) is 0. The van der Waals surface area contributed by atoms with Crippen LogP contribution in [0.5, 0.6) is 40.2 Å². The summed E-state index contributed by atoms with van der Waals surface area (Å²) < 4.78 is 8.83. The van der Waals surface area contributed by atoms with Gasteiger partial charge in [0.15, 0.2) is 40.5 Å². The van der Waals surface area contributed by atoms with Crippen LogP contribution in [0.2, 0.25) is 0 Å². The second-order valence-electron chi connectivity index (χ2n) is 15.4. The number of aromatic nitrogens is 4. The van der Waals surface area contributed by atoms with E-state index in [9.17, 15) is 35.7 Å². The monoisotopic (exact) mass is 858 g/mol. The Bertz CT molecular complexity index is 3880. The van der Waals surface area contributed by atoms with E-state index in [4.69, 9.17) is 19.4 Å². The highest BCUT2D eigenvalue weighted by atomic mass is 32.1. The first-order chi connectivity index (χ1) is 31.2. The Labute approximate surface area is 364 Å². The molecular formula is C51H30N4O8S. The van der Waals surface area contributed by atoms with Gasteiger partial charge in [0, 0.05) is 38.4 Å². The van der Waals surface area contributed by atoms with Crippen LogP contribution in [0, 0.1) is 0 Å². The minimum absolute atomic E-state index is 0.0772. The van der Waals surface area contributed by atoms with Gasteiger partial charge in [-0.25, -0.2) is 15.0 Å². The average molecular weight is 859 g/mol. The van der Waals surface area contributed by atoms with Gasteiger partial charge in [0.25, 0.3) is 0 Å². The molecule has 12 nitrogen and oxygen atoms in total. The molecule has 12 aromatic rings. The molecule has 0 saturated carbocycles. The van der Waals surface area contributed by atoms with Crippen LogP contribution in [0.15, 0.2) is 144 Å². The standard InChI is InChI=1S/C51H30N4O8S/c56-40-35(47-38(41(57)43(40)59)39-42(58)44(60)45(61)46(62)48(39)64-47)26-21-22-31-29(23-26)27-15-7-8-17-30(27)55(31)32-18-10-20-34-37(32)36-28(16-9-19-33(36)63-34)51-53-49(24-11-3-1-4-12-24)52-50(54-51)25-13-5-2-6-14-25/h1-23,56-62H. The third-order valence-electron chi connectivity index (χ3n) is 11.8. The summed E-state index contributed by atoms with van der Waals surface area (Å²) >= 11 is 0.855. The van der Waals surface area contributed by atoms with Crippen molar-refractivity contribution in [3.63, 3.8) is 0 Å². The number of benzene rings is 8. The molecular weight excluding hydrogens is 829 g/mol. The van der Waals surface area contributed by atoms with Gasteiger partial charge in [0.1, 0.15) is 11.2 Å². The molecule has 0 amide bonds. The molecule has 7 N–H and O–H groups in total. The maximum atomic E-state index is 11.5. The van der Waals surface area contributed by atoms with E-state index in [1.54, 1.807) is 6.07 Å². The fraction of sp³-hybridized carbons (Fsp3) is 0. The van der Waals surface area contributed by atoms with Crippen LogP contribution in [0.4, 0.5) is 0 Å². The molecule has 308 valence electrons. The lowest BCUT2D eigenvalue weighted by molar-refractivity contribution is 0.351. The van der Waals surface area contributed by atoms with E-state index in [0.717, 1.165) is 66.3 Å². The summed E-state index contributed by atoms with van der Waals surface area (Å²) in [7, 11) is 0. The lowest BCUT2D eigenvalue weighted by atomic mass is 9.98. The van der Waals surface area contributed by atoms with E-state index in [-0.39, 0.29) is 25.7 Å².